The van der Waals surface area contributed by atoms with E-state index in [1.54, 1.807) is 4.90 Å². The van der Waals surface area contributed by atoms with Crippen LogP contribution < -0.4 is 5.32 Å². The van der Waals surface area contributed by atoms with E-state index in [1.165, 1.54) is 18.4 Å². The maximum absolute atomic E-state index is 13.6. The Morgan fingerprint density at radius 3 is 2.58 bits per heavy atom. The summed E-state index contributed by atoms with van der Waals surface area (Å²) >= 11 is 11.8. The van der Waals surface area contributed by atoms with Crippen LogP contribution in [0.4, 0.5) is 0 Å². The SMILES string of the molecule is C[C@]12CC[C@H]3[C@@H](CC=C4C[C@@H](O)CC[C@@]43C)[C@@H]1CC[C@@H]2NC(=O)[C@H]1CCCN1C(=O)CN(CCCl)CCCl. The third-order valence-electron chi connectivity index (χ3n) is 11.4. The number of halogens is 2. The molecule has 4 aliphatic carbocycles. The van der Waals surface area contributed by atoms with Gasteiger partial charge in [0, 0.05) is 37.4 Å². The largest absolute Gasteiger partial charge is 0.393 e. The first-order valence-electron chi connectivity index (χ1n) is 15.0. The predicted octanol–water partition coefficient (Wildman–Crippen LogP) is 4.57. The molecular formula is C30H47Cl2N3O3. The molecule has 0 aromatic rings. The molecule has 5 aliphatic rings. The average Bonchev–Trinajstić information content (AvgIpc) is 3.50. The number of nitrogens with zero attached hydrogens (tertiary/aromatic N) is 2. The van der Waals surface area contributed by atoms with Crippen molar-refractivity contribution in [2.75, 3.05) is 37.9 Å². The van der Waals surface area contributed by atoms with Gasteiger partial charge >= 0.3 is 0 Å². The van der Waals surface area contributed by atoms with E-state index >= 15 is 0 Å². The summed E-state index contributed by atoms with van der Waals surface area (Å²) in [6.07, 6.45) is 12.5. The minimum absolute atomic E-state index is 0.00421. The number of allylic oxidation sites excluding steroid dienone is 1. The molecule has 5 rings (SSSR count). The van der Waals surface area contributed by atoms with Gasteiger partial charge in [0.1, 0.15) is 6.04 Å². The summed E-state index contributed by atoms with van der Waals surface area (Å²) in [7, 11) is 0. The zero-order chi connectivity index (χ0) is 27.1. The first-order chi connectivity index (χ1) is 18.2. The highest BCUT2D eigenvalue weighted by molar-refractivity contribution is 6.18. The van der Waals surface area contributed by atoms with Crippen LogP contribution in [0.3, 0.4) is 0 Å². The Morgan fingerprint density at radius 2 is 1.84 bits per heavy atom. The first kappa shape index (κ1) is 28.7. The molecule has 2 N–H and O–H groups in total. The second kappa shape index (κ2) is 11.6. The zero-order valence-electron chi connectivity index (χ0n) is 23.3. The molecule has 1 aliphatic heterocycles. The van der Waals surface area contributed by atoms with Crippen LogP contribution in [0.1, 0.15) is 78.1 Å². The molecule has 0 radical (unpaired) electrons. The molecule has 0 spiro atoms. The Bertz CT molecular complexity index is 924. The molecule has 6 nitrogen and oxygen atoms in total. The number of fused-ring (bicyclic) bond motifs is 5. The minimum Gasteiger partial charge on any atom is -0.393 e. The monoisotopic (exact) mass is 567 g/mol. The maximum atomic E-state index is 13.6. The van der Waals surface area contributed by atoms with E-state index in [2.05, 4.69) is 25.2 Å². The molecule has 214 valence electrons. The van der Waals surface area contributed by atoms with Crippen molar-refractivity contribution >= 4 is 35.0 Å². The number of aliphatic hydroxyl groups excluding tert-OH is 1. The second-order valence-corrected chi connectivity index (χ2v) is 14.0. The molecule has 1 saturated heterocycles. The molecule has 1 heterocycles. The number of rotatable bonds is 8. The molecule has 3 saturated carbocycles. The van der Waals surface area contributed by atoms with Gasteiger partial charge in [0.2, 0.25) is 11.8 Å². The lowest BCUT2D eigenvalue weighted by atomic mass is 9.48. The van der Waals surface area contributed by atoms with Crippen molar-refractivity contribution in [2.45, 2.75) is 96.2 Å². The summed E-state index contributed by atoms with van der Waals surface area (Å²) < 4.78 is 0. The van der Waals surface area contributed by atoms with Crippen molar-refractivity contribution in [3.8, 4) is 0 Å². The van der Waals surface area contributed by atoms with Crippen LogP contribution in [0.15, 0.2) is 11.6 Å². The van der Waals surface area contributed by atoms with Crippen LogP contribution in [-0.4, -0.2) is 82.8 Å². The molecule has 0 bridgehead atoms. The number of carbonyl (C=O) groups excluding carboxylic acids is 2. The number of nitrogens with one attached hydrogen (secondary N) is 1. The fourth-order valence-corrected chi connectivity index (χ4v) is 9.75. The molecule has 0 aromatic carbocycles. The lowest BCUT2D eigenvalue weighted by molar-refractivity contribution is -0.140. The Hall–Kier alpha value is -0.820. The van der Waals surface area contributed by atoms with Crippen molar-refractivity contribution in [1.82, 2.24) is 15.1 Å². The Balaban J connectivity index is 1.24. The highest BCUT2D eigenvalue weighted by Gasteiger charge is 2.59. The second-order valence-electron chi connectivity index (χ2n) is 13.2. The molecule has 4 fully saturated rings. The number of carbonyl (C=O) groups is 2. The van der Waals surface area contributed by atoms with E-state index in [0.717, 1.165) is 51.4 Å². The number of hydrogen-bond donors (Lipinski definition) is 2. The van der Waals surface area contributed by atoms with Crippen LogP contribution in [0, 0.1) is 28.6 Å². The van der Waals surface area contributed by atoms with E-state index in [9.17, 15) is 14.7 Å². The smallest absolute Gasteiger partial charge is 0.243 e. The molecule has 0 aromatic heterocycles. The summed E-state index contributed by atoms with van der Waals surface area (Å²) in [5.41, 5.74) is 1.85. The molecular weight excluding hydrogens is 521 g/mol. The molecule has 2 amide bonds. The van der Waals surface area contributed by atoms with Gasteiger partial charge in [-0.3, -0.25) is 14.5 Å². The molecule has 38 heavy (non-hydrogen) atoms. The third kappa shape index (κ3) is 5.17. The van der Waals surface area contributed by atoms with Crippen molar-refractivity contribution < 1.29 is 14.7 Å². The zero-order valence-corrected chi connectivity index (χ0v) is 24.8. The number of hydrogen-bond acceptors (Lipinski definition) is 4. The number of aliphatic hydroxyl groups is 1. The summed E-state index contributed by atoms with van der Waals surface area (Å²) in [4.78, 5) is 30.6. The summed E-state index contributed by atoms with van der Waals surface area (Å²) in [6, 6.07) is -0.197. The van der Waals surface area contributed by atoms with E-state index in [4.69, 9.17) is 23.2 Å². The summed E-state index contributed by atoms with van der Waals surface area (Å²) in [5, 5.41) is 13.8. The molecule has 8 heteroatoms. The van der Waals surface area contributed by atoms with E-state index in [-0.39, 0.29) is 47.4 Å². The average molecular weight is 569 g/mol. The van der Waals surface area contributed by atoms with Crippen molar-refractivity contribution in [1.29, 1.82) is 0 Å². The van der Waals surface area contributed by atoms with E-state index in [0.29, 0.717) is 49.1 Å². The number of alkyl halides is 2. The highest BCUT2D eigenvalue weighted by Crippen LogP contribution is 2.64. The summed E-state index contributed by atoms with van der Waals surface area (Å²) in [6.45, 7) is 7.02. The van der Waals surface area contributed by atoms with Crippen LogP contribution >= 0.6 is 23.2 Å². The van der Waals surface area contributed by atoms with Gasteiger partial charge in [-0.15, -0.1) is 23.2 Å². The molecule has 8 atom stereocenters. The van der Waals surface area contributed by atoms with Gasteiger partial charge in [0.15, 0.2) is 0 Å². The lowest BCUT2D eigenvalue weighted by Crippen LogP contribution is -2.56. The van der Waals surface area contributed by atoms with E-state index < -0.39 is 0 Å². The van der Waals surface area contributed by atoms with Crippen molar-refractivity contribution in [3.63, 3.8) is 0 Å². The fraction of sp³-hybridized carbons (Fsp3) is 0.867. The quantitative estimate of drug-likeness (QED) is 0.333. The van der Waals surface area contributed by atoms with Gasteiger partial charge in [-0.25, -0.2) is 0 Å². The van der Waals surface area contributed by atoms with Crippen molar-refractivity contribution in [2.24, 2.45) is 28.6 Å². The highest BCUT2D eigenvalue weighted by atomic mass is 35.5. The van der Waals surface area contributed by atoms with Crippen LogP contribution in [0.2, 0.25) is 0 Å². The normalized spacial score (nSPS) is 40.4. The van der Waals surface area contributed by atoms with Gasteiger partial charge in [-0.05, 0) is 92.8 Å². The van der Waals surface area contributed by atoms with Gasteiger partial charge in [-0.1, -0.05) is 25.5 Å². The predicted molar refractivity (Wildman–Crippen MR) is 152 cm³/mol. The third-order valence-corrected chi connectivity index (χ3v) is 11.8. The standard InChI is InChI=1S/C30H47Cl2N3O3/c1-29-11-9-21(36)18-20(29)5-6-22-23-7-8-26(30(23,2)12-10-24(22)29)33-28(38)25-4-3-15-35(25)27(37)19-34(16-13-31)17-14-32/h5,21-26,36H,3-4,6-19H2,1-2H3,(H,33,38)/t21-,22-,23-,24-,25+,26-,29-,30-/m0/s1. The summed E-state index contributed by atoms with van der Waals surface area (Å²) in [5.74, 6) is 2.92. The Kier molecular flexibility index (Phi) is 8.75. The lowest BCUT2D eigenvalue weighted by Gasteiger charge is -2.58. The number of amides is 2. The van der Waals surface area contributed by atoms with Gasteiger partial charge < -0.3 is 15.3 Å². The van der Waals surface area contributed by atoms with Gasteiger partial charge in [0.05, 0.1) is 12.6 Å². The minimum atomic E-state index is -0.372. The van der Waals surface area contributed by atoms with Crippen LogP contribution in [-0.2, 0) is 9.59 Å². The molecule has 0 unspecified atom stereocenters. The van der Waals surface area contributed by atoms with Crippen LogP contribution in [0.5, 0.6) is 0 Å². The fourth-order valence-electron chi connectivity index (χ4n) is 9.28. The van der Waals surface area contributed by atoms with Crippen molar-refractivity contribution in [3.05, 3.63) is 11.6 Å². The first-order valence-corrected chi connectivity index (χ1v) is 16.1. The number of likely N-dealkylation sites (tertiary alicyclic amines) is 1. The maximum Gasteiger partial charge on any atom is 0.243 e. The van der Waals surface area contributed by atoms with E-state index in [1.807, 2.05) is 4.90 Å². The van der Waals surface area contributed by atoms with Crippen LogP contribution in [0.25, 0.3) is 0 Å². The topological polar surface area (TPSA) is 72.9 Å². The van der Waals surface area contributed by atoms with Gasteiger partial charge in [0.25, 0.3) is 0 Å². The Morgan fingerprint density at radius 1 is 1.08 bits per heavy atom. The Labute approximate surface area is 238 Å². The van der Waals surface area contributed by atoms with Gasteiger partial charge in [-0.2, -0.15) is 0 Å².